The molecule has 4 nitrogen and oxygen atoms in total. The number of esters is 1. The molecule has 0 aliphatic heterocycles. The van der Waals surface area contributed by atoms with Gasteiger partial charge in [0.1, 0.15) is 0 Å². The van der Waals surface area contributed by atoms with Gasteiger partial charge in [-0.3, -0.25) is 9.59 Å². The number of rotatable bonds is 3. The van der Waals surface area contributed by atoms with Gasteiger partial charge in [-0.05, 0) is 5.92 Å². The van der Waals surface area contributed by atoms with Crippen LogP contribution in [0.25, 0.3) is 0 Å². The summed E-state index contributed by atoms with van der Waals surface area (Å²) in [7, 11) is 1.18. The molecule has 11 heavy (non-hydrogen) atoms. The van der Waals surface area contributed by atoms with Crippen LogP contribution in [-0.4, -0.2) is 24.2 Å². The van der Waals surface area contributed by atoms with Gasteiger partial charge in [-0.1, -0.05) is 13.8 Å². The summed E-state index contributed by atoms with van der Waals surface area (Å²) < 4.78 is 4.32. The quantitative estimate of drug-likeness (QED) is 0.482. The van der Waals surface area contributed by atoms with Crippen molar-refractivity contribution in [3.05, 3.63) is 0 Å². The van der Waals surface area contributed by atoms with Gasteiger partial charge in [-0.2, -0.15) is 0 Å². The fraction of sp³-hybridized carbons (Fsp3) is 0.714. The molecule has 0 rings (SSSR count). The molecule has 0 unspecified atom stereocenters. The van der Waals surface area contributed by atoms with E-state index in [0.717, 1.165) is 0 Å². The highest BCUT2D eigenvalue weighted by atomic mass is 16.5. The molecule has 0 saturated heterocycles. The van der Waals surface area contributed by atoms with E-state index in [1.807, 2.05) is 0 Å². The lowest BCUT2D eigenvalue weighted by atomic mass is 9.96. The van der Waals surface area contributed by atoms with Gasteiger partial charge in [-0.15, -0.1) is 0 Å². The van der Waals surface area contributed by atoms with Crippen LogP contribution in [0.3, 0.4) is 0 Å². The maximum atomic E-state index is 10.8. The summed E-state index contributed by atoms with van der Waals surface area (Å²) in [6.07, 6.45) is 0. The molecule has 0 aromatic heterocycles. The monoisotopic (exact) mass is 160 g/mol. The molecule has 0 aromatic rings. The maximum Gasteiger partial charge on any atom is 0.320 e. The van der Waals surface area contributed by atoms with Crippen molar-refractivity contribution in [2.45, 2.75) is 13.8 Å². The Morgan fingerprint density at radius 3 is 1.91 bits per heavy atom. The Hall–Kier alpha value is -1.06. The molecule has 4 heteroatoms. The first kappa shape index (κ1) is 9.94. The number of methoxy groups -OCH3 is 1. The normalized spacial score (nSPS) is 12.7. The number of hydrogen-bond donors (Lipinski definition) is 1. The third kappa shape index (κ3) is 2.57. The van der Waals surface area contributed by atoms with Gasteiger partial charge in [0.05, 0.1) is 7.11 Å². The van der Waals surface area contributed by atoms with Gasteiger partial charge in [0.2, 0.25) is 0 Å². The Kier molecular flexibility index (Phi) is 3.57. The largest absolute Gasteiger partial charge is 0.481 e. The van der Waals surface area contributed by atoms with Crippen molar-refractivity contribution in [1.82, 2.24) is 0 Å². The number of carbonyl (C=O) groups is 2. The molecule has 0 saturated carbocycles. The molecular weight excluding hydrogens is 148 g/mol. The average Bonchev–Trinajstić information content (AvgIpc) is 1.85. The molecule has 0 aromatic carbocycles. The van der Waals surface area contributed by atoms with Crippen LogP contribution in [0, 0.1) is 11.8 Å². The molecule has 0 radical (unpaired) electrons. The molecule has 0 heterocycles. The second-order valence-corrected chi connectivity index (χ2v) is 2.58. The van der Waals surface area contributed by atoms with Gasteiger partial charge in [0.15, 0.2) is 5.92 Å². The van der Waals surface area contributed by atoms with Crippen LogP contribution in [0.2, 0.25) is 0 Å². The van der Waals surface area contributed by atoms with Gasteiger partial charge >= 0.3 is 11.9 Å². The number of carbonyl (C=O) groups excluding carboxylic acids is 1. The predicted molar refractivity (Wildman–Crippen MR) is 38.0 cm³/mol. The maximum absolute atomic E-state index is 10.8. The van der Waals surface area contributed by atoms with Crippen LogP contribution in [0.15, 0.2) is 0 Å². The molecule has 0 aliphatic rings. The summed E-state index contributed by atoms with van der Waals surface area (Å²) in [5.74, 6) is -3.10. The van der Waals surface area contributed by atoms with Crippen molar-refractivity contribution in [3.63, 3.8) is 0 Å². The molecule has 0 spiro atoms. The summed E-state index contributed by atoms with van der Waals surface area (Å²) in [6.45, 7) is 3.32. The summed E-state index contributed by atoms with van der Waals surface area (Å²) in [5, 5.41) is 8.54. The zero-order valence-corrected chi connectivity index (χ0v) is 6.83. The molecule has 0 bridgehead atoms. The zero-order valence-electron chi connectivity index (χ0n) is 6.83. The Labute approximate surface area is 65.2 Å². The molecule has 1 atom stereocenters. The first-order chi connectivity index (χ1) is 5.00. The highest BCUT2D eigenvalue weighted by Crippen LogP contribution is 2.12. The van der Waals surface area contributed by atoms with Crippen LogP contribution in [0.1, 0.15) is 13.8 Å². The van der Waals surface area contributed by atoms with E-state index in [9.17, 15) is 9.59 Å². The van der Waals surface area contributed by atoms with E-state index >= 15 is 0 Å². The standard InChI is InChI=1S/C7H12O4/c1-4(2)5(6(8)9)7(10)11-3/h4-5H,1-3H3,(H,8,9)/t5-/m1/s1. The first-order valence-corrected chi connectivity index (χ1v) is 3.31. The van der Waals surface area contributed by atoms with E-state index in [4.69, 9.17) is 5.11 Å². The Bertz CT molecular complexity index is 162. The van der Waals surface area contributed by atoms with Crippen molar-refractivity contribution in [2.24, 2.45) is 11.8 Å². The lowest BCUT2D eigenvalue weighted by molar-refractivity contribution is -0.158. The summed E-state index contributed by atoms with van der Waals surface area (Å²) in [6, 6.07) is 0. The molecule has 0 amide bonds. The molecular formula is C7H12O4. The van der Waals surface area contributed by atoms with Crippen LogP contribution >= 0.6 is 0 Å². The number of hydrogen-bond acceptors (Lipinski definition) is 3. The molecule has 64 valence electrons. The predicted octanol–water partition coefficient (Wildman–Crippen LogP) is 0.516. The average molecular weight is 160 g/mol. The summed E-state index contributed by atoms with van der Waals surface area (Å²) >= 11 is 0. The molecule has 0 fully saturated rings. The molecule has 1 N–H and O–H groups in total. The first-order valence-electron chi connectivity index (χ1n) is 3.31. The SMILES string of the molecule is COC(=O)[C@@H](C(=O)O)C(C)C. The van der Waals surface area contributed by atoms with Gasteiger partial charge in [-0.25, -0.2) is 0 Å². The third-order valence-corrected chi connectivity index (χ3v) is 1.39. The van der Waals surface area contributed by atoms with E-state index in [-0.39, 0.29) is 5.92 Å². The Balaban J connectivity index is 4.34. The fourth-order valence-electron chi connectivity index (χ4n) is 0.785. The highest BCUT2D eigenvalue weighted by molar-refractivity contribution is 5.94. The second-order valence-electron chi connectivity index (χ2n) is 2.58. The van der Waals surface area contributed by atoms with Crippen molar-refractivity contribution >= 4 is 11.9 Å². The summed E-state index contributed by atoms with van der Waals surface area (Å²) in [4.78, 5) is 21.2. The highest BCUT2D eigenvalue weighted by Gasteiger charge is 2.30. The van der Waals surface area contributed by atoms with Crippen LogP contribution in [-0.2, 0) is 14.3 Å². The summed E-state index contributed by atoms with van der Waals surface area (Å²) in [5.41, 5.74) is 0. The fourth-order valence-corrected chi connectivity index (χ4v) is 0.785. The van der Waals surface area contributed by atoms with Crippen LogP contribution in [0.5, 0.6) is 0 Å². The van der Waals surface area contributed by atoms with Crippen molar-refractivity contribution in [3.8, 4) is 0 Å². The van der Waals surface area contributed by atoms with E-state index in [1.165, 1.54) is 7.11 Å². The van der Waals surface area contributed by atoms with E-state index < -0.39 is 17.9 Å². The second kappa shape index (κ2) is 3.95. The van der Waals surface area contributed by atoms with Crippen molar-refractivity contribution in [2.75, 3.05) is 7.11 Å². The minimum atomic E-state index is -1.13. The van der Waals surface area contributed by atoms with Crippen molar-refractivity contribution < 1.29 is 19.4 Å². The number of aliphatic carboxylic acids is 1. The van der Waals surface area contributed by atoms with Crippen molar-refractivity contribution in [1.29, 1.82) is 0 Å². The van der Waals surface area contributed by atoms with E-state index in [2.05, 4.69) is 4.74 Å². The number of carboxylic acid groups (broad SMARTS) is 1. The van der Waals surface area contributed by atoms with Crippen LogP contribution < -0.4 is 0 Å². The minimum absolute atomic E-state index is 0.236. The molecule has 0 aliphatic carbocycles. The van der Waals surface area contributed by atoms with E-state index in [0.29, 0.717) is 0 Å². The van der Waals surface area contributed by atoms with Gasteiger partial charge in [0.25, 0.3) is 0 Å². The van der Waals surface area contributed by atoms with Gasteiger partial charge in [0, 0.05) is 0 Å². The number of carboxylic acids is 1. The smallest absolute Gasteiger partial charge is 0.320 e. The zero-order chi connectivity index (χ0) is 9.02. The number of ether oxygens (including phenoxy) is 1. The minimum Gasteiger partial charge on any atom is -0.481 e. The Morgan fingerprint density at radius 1 is 1.36 bits per heavy atom. The van der Waals surface area contributed by atoms with Crippen LogP contribution in [0.4, 0.5) is 0 Å². The Morgan fingerprint density at radius 2 is 1.82 bits per heavy atom. The lowest BCUT2D eigenvalue weighted by Gasteiger charge is -2.12. The lowest BCUT2D eigenvalue weighted by Crippen LogP contribution is -2.29. The third-order valence-electron chi connectivity index (χ3n) is 1.39. The topological polar surface area (TPSA) is 63.6 Å². The van der Waals surface area contributed by atoms with Gasteiger partial charge < -0.3 is 9.84 Å². The van der Waals surface area contributed by atoms with E-state index in [1.54, 1.807) is 13.8 Å².